The molecule has 6 nitrogen and oxygen atoms in total. The minimum Gasteiger partial charge on any atom is -0.483 e. The van der Waals surface area contributed by atoms with Crippen molar-refractivity contribution in [2.75, 3.05) is 6.61 Å². The maximum atomic E-state index is 12.1. The van der Waals surface area contributed by atoms with Crippen molar-refractivity contribution in [3.63, 3.8) is 0 Å². The summed E-state index contributed by atoms with van der Waals surface area (Å²) in [6.45, 7) is -0.153. The van der Waals surface area contributed by atoms with Gasteiger partial charge in [-0.15, -0.1) is 0 Å². The molecule has 0 radical (unpaired) electrons. The highest BCUT2D eigenvalue weighted by Crippen LogP contribution is 2.24. The molecule has 0 aliphatic heterocycles. The molecular formula is C26H20N2O4. The van der Waals surface area contributed by atoms with Crippen molar-refractivity contribution in [3.05, 3.63) is 108 Å². The number of ether oxygens (including phenoxy) is 2. The van der Waals surface area contributed by atoms with E-state index in [0.717, 1.165) is 16.3 Å². The Hall–Kier alpha value is -4.45. The average molecular weight is 424 g/mol. The molecule has 0 aromatic heterocycles. The summed E-state index contributed by atoms with van der Waals surface area (Å²) in [5.74, 6) is 0.263. The van der Waals surface area contributed by atoms with Crippen LogP contribution in [-0.4, -0.2) is 24.7 Å². The average Bonchev–Trinajstić information content (AvgIpc) is 2.84. The predicted octanol–water partition coefficient (Wildman–Crippen LogP) is 4.59. The SMILES string of the molecule is O=C(COc1cccc2ccccc12)N/N=C/c1ccc(OC(=O)c2ccccc2)cc1. The number of nitrogens with one attached hydrogen (secondary N) is 1. The van der Waals surface area contributed by atoms with Crippen LogP contribution in [0.5, 0.6) is 11.5 Å². The van der Waals surface area contributed by atoms with E-state index in [9.17, 15) is 9.59 Å². The number of hydrazone groups is 1. The first-order valence-electron chi connectivity index (χ1n) is 9.99. The molecule has 0 atom stereocenters. The zero-order chi connectivity index (χ0) is 22.2. The number of hydrogen-bond donors (Lipinski definition) is 1. The maximum absolute atomic E-state index is 12.1. The minimum absolute atomic E-state index is 0.153. The van der Waals surface area contributed by atoms with Gasteiger partial charge in [0.2, 0.25) is 0 Å². The molecule has 158 valence electrons. The van der Waals surface area contributed by atoms with Crippen molar-refractivity contribution in [1.82, 2.24) is 5.43 Å². The van der Waals surface area contributed by atoms with Crippen LogP contribution in [0.2, 0.25) is 0 Å². The van der Waals surface area contributed by atoms with E-state index in [2.05, 4.69) is 10.5 Å². The first-order valence-corrected chi connectivity index (χ1v) is 9.99. The number of rotatable bonds is 7. The third-order valence-corrected chi connectivity index (χ3v) is 4.61. The molecule has 1 N–H and O–H groups in total. The lowest BCUT2D eigenvalue weighted by atomic mass is 10.1. The fourth-order valence-corrected chi connectivity index (χ4v) is 3.04. The van der Waals surface area contributed by atoms with Gasteiger partial charge in [-0.3, -0.25) is 4.79 Å². The Balaban J connectivity index is 1.27. The third-order valence-electron chi connectivity index (χ3n) is 4.61. The van der Waals surface area contributed by atoms with Crippen LogP contribution in [0, 0.1) is 0 Å². The maximum Gasteiger partial charge on any atom is 0.343 e. The molecule has 0 unspecified atom stereocenters. The molecule has 1 amide bonds. The summed E-state index contributed by atoms with van der Waals surface area (Å²) >= 11 is 0. The van der Waals surface area contributed by atoms with Gasteiger partial charge < -0.3 is 9.47 Å². The molecule has 0 aliphatic rings. The molecule has 0 fully saturated rings. The van der Waals surface area contributed by atoms with E-state index >= 15 is 0 Å². The lowest BCUT2D eigenvalue weighted by Crippen LogP contribution is -2.24. The summed E-state index contributed by atoms with van der Waals surface area (Å²) < 4.78 is 11.0. The van der Waals surface area contributed by atoms with E-state index in [1.165, 1.54) is 6.21 Å². The second-order valence-electron chi connectivity index (χ2n) is 6.88. The monoisotopic (exact) mass is 424 g/mol. The smallest absolute Gasteiger partial charge is 0.343 e. The van der Waals surface area contributed by atoms with Crippen molar-refractivity contribution < 1.29 is 19.1 Å². The standard InChI is InChI=1S/C26H20N2O4/c29-25(18-31-24-12-6-10-20-7-4-5-11-23(20)24)28-27-17-19-13-15-22(16-14-19)32-26(30)21-8-2-1-3-9-21/h1-17H,18H2,(H,28,29)/b27-17+. The fourth-order valence-electron chi connectivity index (χ4n) is 3.04. The number of carbonyl (C=O) groups excluding carboxylic acids is 2. The number of amides is 1. The first kappa shape index (κ1) is 20.8. The Bertz CT molecular complexity index is 1250. The first-order chi connectivity index (χ1) is 15.7. The summed E-state index contributed by atoms with van der Waals surface area (Å²) in [4.78, 5) is 24.1. The molecule has 0 bridgehead atoms. The van der Waals surface area contributed by atoms with Gasteiger partial charge in [0.25, 0.3) is 5.91 Å². The Kier molecular flexibility index (Phi) is 6.53. The number of esters is 1. The van der Waals surface area contributed by atoms with Gasteiger partial charge in [0, 0.05) is 5.39 Å². The molecule has 6 heteroatoms. The highest BCUT2D eigenvalue weighted by atomic mass is 16.5. The number of hydrogen-bond acceptors (Lipinski definition) is 5. The zero-order valence-corrected chi connectivity index (χ0v) is 17.1. The minimum atomic E-state index is -0.425. The molecule has 0 heterocycles. The number of benzene rings is 4. The fraction of sp³-hybridized carbons (Fsp3) is 0.0385. The van der Waals surface area contributed by atoms with Gasteiger partial charge >= 0.3 is 5.97 Å². The van der Waals surface area contributed by atoms with E-state index in [1.54, 1.807) is 48.5 Å². The van der Waals surface area contributed by atoms with Crippen molar-refractivity contribution in [3.8, 4) is 11.5 Å². The number of nitrogens with zero attached hydrogens (tertiary/aromatic N) is 1. The largest absolute Gasteiger partial charge is 0.483 e. The second-order valence-corrected chi connectivity index (χ2v) is 6.88. The molecular weight excluding hydrogens is 404 g/mol. The van der Waals surface area contributed by atoms with Crippen molar-refractivity contribution in [1.29, 1.82) is 0 Å². The molecule has 0 saturated heterocycles. The van der Waals surface area contributed by atoms with Gasteiger partial charge in [-0.1, -0.05) is 54.6 Å². The second kappa shape index (κ2) is 10.0. The number of carbonyl (C=O) groups is 2. The van der Waals surface area contributed by atoms with Crippen molar-refractivity contribution >= 4 is 28.9 Å². The van der Waals surface area contributed by atoms with Crippen LogP contribution in [0.3, 0.4) is 0 Å². The molecule has 4 aromatic carbocycles. The highest BCUT2D eigenvalue weighted by molar-refractivity contribution is 5.91. The Labute approximate surface area is 185 Å². The summed E-state index contributed by atoms with van der Waals surface area (Å²) in [6.07, 6.45) is 1.50. The predicted molar refractivity (Wildman–Crippen MR) is 123 cm³/mol. The third kappa shape index (κ3) is 5.37. The molecule has 0 saturated carbocycles. The van der Waals surface area contributed by atoms with Gasteiger partial charge in [0.05, 0.1) is 11.8 Å². The Morgan fingerprint density at radius 3 is 2.34 bits per heavy atom. The van der Waals surface area contributed by atoms with Gasteiger partial charge in [0.15, 0.2) is 6.61 Å². The van der Waals surface area contributed by atoms with Crippen LogP contribution < -0.4 is 14.9 Å². The lowest BCUT2D eigenvalue weighted by molar-refractivity contribution is -0.123. The highest BCUT2D eigenvalue weighted by Gasteiger charge is 2.07. The van der Waals surface area contributed by atoms with Gasteiger partial charge in [-0.2, -0.15) is 5.10 Å². The lowest BCUT2D eigenvalue weighted by Gasteiger charge is -2.08. The Morgan fingerprint density at radius 1 is 0.812 bits per heavy atom. The van der Waals surface area contributed by atoms with E-state index in [4.69, 9.17) is 9.47 Å². The van der Waals surface area contributed by atoms with Gasteiger partial charge in [-0.05, 0) is 53.4 Å². The molecule has 32 heavy (non-hydrogen) atoms. The molecule has 0 spiro atoms. The molecule has 4 aromatic rings. The van der Waals surface area contributed by atoms with Crippen LogP contribution in [0.1, 0.15) is 15.9 Å². The van der Waals surface area contributed by atoms with Gasteiger partial charge in [-0.25, -0.2) is 10.2 Å². The summed E-state index contributed by atoms with van der Waals surface area (Å²) in [7, 11) is 0. The quantitative estimate of drug-likeness (QED) is 0.204. The molecule has 0 aliphatic carbocycles. The zero-order valence-electron chi connectivity index (χ0n) is 17.1. The normalized spacial score (nSPS) is 10.8. The van der Waals surface area contributed by atoms with E-state index in [0.29, 0.717) is 17.1 Å². The van der Waals surface area contributed by atoms with E-state index in [1.807, 2.05) is 48.5 Å². The van der Waals surface area contributed by atoms with Crippen LogP contribution >= 0.6 is 0 Å². The van der Waals surface area contributed by atoms with Crippen LogP contribution in [-0.2, 0) is 4.79 Å². The van der Waals surface area contributed by atoms with Crippen molar-refractivity contribution in [2.45, 2.75) is 0 Å². The Morgan fingerprint density at radius 2 is 1.53 bits per heavy atom. The topological polar surface area (TPSA) is 77.0 Å². The molecule has 4 rings (SSSR count). The van der Waals surface area contributed by atoms with Gasteiger partial charge in [0.1, 0.15) is 11.5 Å². The van der Waals surface area contributed by atoms with E-state index in [-0.39, 0.29) is 12.5 Å². The van der Waals surface area contributed by atoms with E-state index < -0.39 is 5.97 Å². The van der Waals surface area contributed by atoms with Crippen LogP contribution in [0.25, 0.3) is 10.8 Å². The summed E-state index contributed by atoms with van der Waals surface area (Å²) in [5.41, 5.74) is 3.65. The summed E-state index contributed by atoms with van der Waals surface area (Å²) in [5, 5.41) is 5.93. The van der Waals surface area contributed by atoms with Crippen LogP contribution in [0.4, 0.5) is 0 Å². The van der Waals surface area contributed by atoms with Crippen molar-refractivity contribution in [2.24, 2.45) is 5.10 Å². The van der Waals surface area contributed by atoms with Crippen LogP contribution in [0.15, 0.2) is 102 Å². The number of fused-ring (bicyclic) bond motifs is 1. The summed E-state index contributed by atoms with van der Waals surface area (Å²) in [6, 6.07) is 29.1.